The van der Waals surface area contributed by atoms with Gasteiger partial charge in [0.25, 0.3) is 0 Å². The number of hydrogen-bond acceptors (Lipinski definition) is 4. The molecule has 5 heteroatoms. The summed E-state index contributed by atoms with van der Waals surface area (Å²) in [5.41, 5.74) is 6.81. The van der Waals surface area contributed by atoms with Gasteiger partial charge in [0.1, 0.15) is 9.84 Å². The van der Waals surface area contributed by atoms with Crippen molar-refractivity contribution in [2.24, 2.45) is 5.73 Å². The van der Waals surface area contributed by atoms with Gasteiger partial charge in [-0.1, -0.05) is 0 Å². The number of sulfone groups is 1. The summed E-state index contributed by atoms with van der Waals surface area (Å²) >= 11 is 1.57. The fourth-order valence-electron chi connectivity index (χ4n) is 0.994. The second kappa shape index (κ2) is 4.21. The van der Waals surface area contributed by atoms with Crippen LogP contribution in [0.4, 0.5) is 0 Å². The van der Waals surface area contributed by atoms with Gasteiger partial charge in [-0.25, -0.2) is 8.42 Å². The molecule has 0 fully saturated rings. The van der Waals surface area contributed by atoms with Crippen molar-refractivity contribution in [3.05, 3.63) is 22.4 Å². The van der Waals surface area contributed by atoms with Crippen LogP contribution in [-0.2, 0) is 9.84 Å². The maximum atomic E-state index is 10.9. The van der Waals surface area contributed by atoms with Crippen LogP contribution in [-0.4, -0.2) is 20.4 Å². The van der Waals surface area contributed by atoms with E-state index in [0.717, 1.165) is 5.56 Å². The van der Waals surface area contributed by atoms with Crippen LogP contribution >= 0.6 is 11.3 Å². The van der Waals surface area contributed by atoms with Crippen LogP contribution < -0.4 is 5.73 Å². The summed E-state index contributed by atoms with van der Waals surface area (Å²) in [7, 11) is -2.89. The molecular formula is C8H13NO2S2. The van der Waals surface area contributed by atoms with E-state index in [0.29, 0.717) is 6.42 Å². The monoisotopic (exact) mass is 219 g/mol. The molecule has 0 aliphatic heterocycles. The maximum absolute atomic E-state index is 10.9. The predicted molar refractivity (Wildman–Crippen MR) is 55.6 cm³/mol. The molecule has 1 aromatic heterocycles. The first-order valence-electron chi connectivity index (χ1n) is 3.94. The molecule has 2 N–H and O–H groups in total. The second-order valence-corrected chi connectivity index (χ2v) is 6.12. The van der Waals surface area contributed by atoms with Crippen molar-refractivity contribution in [3.63, 3.8) is 0 Å². The van der Waals surface area contributed by atoms with Crippen LogP contribution in [0.5, 0.6) is 0 Å². The molecule has 74 valence electrons. The fourth-order valence-corrected chi connectivity index (χ4v) is 2.40. The summed E-state index contributed by atoms with van der Waals surface area (Å²) < 4.78 is 21.7. The van der Waals surface area contributed by atoms with Gasteiger partial charge in [0.2, 0.25) is 0 Å². The normalized spacial score (nSPS) is 14.3. The van der Waals surface area contributed by atoms with Gasteiger partial charge >= 0.3 is 0 Å². The molecule has 0 radical (unpaired) electrons. The number of nitrogens with two attached hydrogens (primary N) is 1. The average molecular weight is 219 g/mol. The van der Waals surface area contributed by atoms with E-state index >= 15 is 0 Å². The van der Waals surface area contributed by atoms with Crippen LogP contribution in [0.1, 0.15) is 18.0 Å². The molecule has 0 amide bonds. The van der Waals surface area contributed by atoms with Crippen molar-refractivity contribution in [1.82, 2.24) is 0 Å². The molecule has 0 saturated heterocycles. The lowest BCUT2D eigenvalue weighted by Crippen LogP contribution is -2.14. The Morgan fingerprint density at radius 1 is 1.62 bits per heavy atom. The zero-order chi connectivity index (χ0) is 9.90. The average Bonchev–Trinajstić information content (AvgIpc) is 2.50. The highest BCUT2D eigenvalue weighted by Gasteiger charge is 2.09. The molecule has 1 aromatic rings. The minimum atomic E-state index is -2.89. The van der Waals surface area contributed by atoms with E-state index in [-0.39, 0.29) is 11.8 Å². The van der Waals surface area contributed by atoms with Crippen LogP contribution in [0, 0.1) is 0 Å². The Balaban J connectivity index is 2.48. The summed E-state index contributed by atoms with van der Waals surface area (Å²) in [6.45, 7) is 0. The van der Waals surface area contributed by atoms with Crippen molar-refractivity contribution in [3.8, 4) is 0 Å². The number of thiophene rings is 1. The van der Waals surface area contributed by atoms with Crippen molar-refractivity contribution >= 4 is 21.2 Å². The molecule has 1 atom stereocenters. The summed E-state index contributed by atoms with van der Waals surface area (Å²) in [6, 6.07) is 1.78. The van der Waals surface area contributed by atoms with Crippen LogP contribution in [0.15, 0.2) is 16.8 Å². The zero-order valence-electron chi connectivity index (χ0n) is 7.43. The van der Waals surface area contributed by atoms with Crippen molar-refractivity contribution in [2.45, 2.75) is 12.5 Å². The summed E-state index contributed by atoms with van der Waals surface area (Å²) in [5, 5.41) is 3.89. The molecule has 13 heavy (non-hydrogen) atoms. The minimum Gasteiger partial charge on any atom is -0.324 e. The Morgan fingerprint density at radius 2 is 2.31 bits per heavy atom. The van der Waals surface area contributed by atoms with Gasteiger partial charge in [-0.2, -0.15) is 11.3 Å². The highest BCUT2D eigenvalue weighted by atomic mass is 32.2. The minimum absolute atomic E-state index is 0.152. The fraction of sp³-hybridized carbons (Fsp3) is 0.500. The molecule has 1 unspecified atom stereocenters. The maximum Gasteiger partial charge on any atom is 0.147 e. The Bertz CT molecular complexity index is 342. The van der Waals surface area contributed by atoms with E-state index in [1.165, 1.54) is 6.26 Å². The van der Waals surface area contributed by atoms with Gasteiger partial charge in [0.15, 0.2) is 0 Å². The Hall–Kier alpha value is -0.390. The smallest absolute Gasteiger partial charge is 0.147 e. The topological polar surface area (TPSA) is 60.2 Å². The lowest BCUT2D eigenvalue weighted by Gasteiger charge is -2.07. The number of rotatable bonds is 4. The second-order valence-electron chi connectivity index (χ2n) is 3.08. The molecule has 1 heterocycles. The third-order valence-corrected chi connectivity index (χ3v) is 3.45. The summed E-state index contributed by atoms with van der Waals surface area (Å²) in [5.74, 6) is 0.157. The van der Waals surface area contributed by atoms with E-state index in [9.17, 15) is 8.42 Å². The van der Waals surface area contributed by atoms with E-state index in [2.05, 4.69) is 0 Å². The Morgan fingerprint density at radius 3 is 2.77 bits per heavy atom. The van der Waals surface area contributed by atoms with Crippen molar-refractivity contribution in [2.75, 3.05) is 12.0 Å². The molecule has 0 aromatic carbocycles. The molecule has 0 spiro atoms. The first-order valence-corrected chi connectivity index (χ1v) is 6.95. The highest BCUT2D eigenvalue weighted by Crippen LogP contribution is 2.17. The third kappa shape index (κ3) is 3.89. The molecule has 0 saturated carbocycles. The highest BCUT2D eigenvalue weighted by molar-refractivity contribution is 7.90. The molecule has 0 aliphatic carbocycles. The summed E-state index contributed by atoms with van der Waals surface area (Å²) in [6.07, 6.45) is 1.73. The Kier molecular flexibility index (Phi) is 3.47. The largest absolute Gasteiger partial charge is 0.324 e. The van der Waals surface area contributed by atoms with Gasteiger partial charge < -0.3 is 5.73 Å². The van der Waals surface area contributed by atoms with Gasteiger partial charge in [-0.15, -0.1) is 0 Å². The van der Waals surface area contributed by atoms with Gasteiger partial charge in [0.05, 0.1) is 5.75 Å². The molecule has 0 aliphatic rings. The predicted octanol–water partition coefficient (Wildman–Crippen LogP) is 1.18. The first-order chi connectivity index (χ1) is 5.99. The van der Waals surface area contributed by atoms with Crippen molar-refractivity contribution < 1.29 is 8.42 Å². The van der Waals surface area contributed by atoms with Crippen LogP contribution in [0.2, 0.25) is 0 Å². The lowest BCUT2D eigenvalue weighted by molar-refractivity contribution is 0.592. The summed E-state index contributed by atoms with van der Waals surface area (Å²) in [4.78, 5) is 0. The van der Waals surface area contributed by atoms with Crippen molar-refractivity contribution in [1.29, 1.82) is 0 Å². The molecule has 0 bridgehead atoms. The van der Waals surface area contributed by atoms with Gasteiger partial charge in [0, 0.05) is 12.3 Å². The third-order valence-electron chi connectivity index (χ3n) is 1.77. The first kappa shape index (κ1) is 10.7. The van der Waals surface area contributed by atoms with Gasteiger partial charge in [-0.3, -0.25) is 0 Å². The zero-order valence-corrected chi connectivity index (χ0v) is 9.07. The standard InChI is InChI=1S/C8H13NO2S2/c1-13(10,11)5-3-8(9)7-2-4-12-6-7/h2,4,6,8H,3,5,9H2,1H3. The molecular weight excluding hydrogens is 206 g/mol. The lowest BCUT2D eigenvalue weighted by atomic mass is 10.1. The molecule has 3 nitrogen and oxygen atoms in total. The van der Waals surface area contributed by atoms with E-state index in [1.807, 2.05) is 16.8 Å². The van der Waals surface area contributed by atoms with E-state index < -0.39 is 9.84 Å². The van der Waals surface area contributed by atoms with Crippen LogP contribution in [0.25, 0.3) is 0 Å². The molecule has 1 rings (SSSR count). The SMILES string of the molecule is CS(=O)(=O)CCC(N)c1ccsc1. The van der Waals surface area contributed by atoms with Gasteiger partial charge in [-0.05, 0) is 28.8 Å². The van der Waals surface area contributed by atoms with E-state index in [4.69, 9.17) is 5.73 Å². The van der Waals surface area contributed by atoms with Crippen LogP contribution in [0.3, 0.4) is 0 Å². The van der Waals surface area contributed by atoms with E-state index in [1.54, 1.807) is 11.3 Å². The number of hydrogen-bond donors (Lipinski definition) is 1. The Labute approximate surface area is 82.5 Å². The quantitative estimate of drug-likeness (QED) is 0.827.